The zero-order chi connectivity index (χ0) is 9.84. The molecule has 0 radical (unpaired) electrons. The Morgan fingerprint density at radius 1 is 1.38 bits per heavy atom. The van der Waals surface area contributed by atoms with E-state index in [0.29, 0.717) is 12.0 Å². The third kappa shape index (κ3) is 2.95. The first-order chi connectivity index (χ1) is 6.13. The molecule has 13 heavy (non-hydrogen) atoms. The molecule has 0 bridgehead atoms. The van der Waals surface area contributed by atoms with E-state index in [1.807, 2.05) is 0 Å². The molecule has 0 aliphatic heterocycles. The number of nitrogens with zero attached hydrogens (tertiary/aromatic N) is 2. The Morgan fingerprint density at radius 2 is 2.08 bits per heavy atom. The Bertz CT molecular complexity index is 257. The van der Waals surface area contributed by atoms with Gasteiger partial charge in [0, 0.05) is 23.5 Å². The maximum absolute atomic E-state index is 4.39. The fourth-order valence-electron chi connectivity index (χ4n) is 0.841. The Kier molecular flexibility index (Phi) is 3.66. The maximum Gasteiger partial charge on any atom is 0.202 e. The van der Waals surface area contributed by atoms with Crippen LogP contribution < -0.4 is 5.32 Å². The second-order valence-electron chi connectivity index (χ2n) is 3.57. The van der Waals surface area contributed by atoms with Crippen LogP contribution in [0.15, 0.2) is 0 Å². The van der Waals surface area contributed by atoms with Crippen molar-refractivity contribution >= 4 is 16.7 Å². The normalized spacial score (nSPS) is 13.3. The lowest BCUT2D eigenvalue weighted by Gasteiger charge is -2.08. The van der Waals surface area contributed by atoms with Gasteiger partial charge >= 0.3 is 0 Å². The van der Waals surface area contributed by atoms with Crippen LogP contribution in [0.1, 0.15) is 45.9 Å². The third-order valence-electron chi connectivity index (χ3n) is 1.94. The molecule has 1 atom stereocenters. The Labute approximate surface area is 83.8 Å². The Morgan fingerprint density at radius 3 is 2.54 bits per heavy atom. The number of anilines is 1. The lowest BCUT2D eigenvalue weighted by Crippen LogP contribution is -2.13. The topological polar surface area (TPSA) is 37.8 Å². The van der Waals surface area contributed by atoms with Gasteiger partial charge in [-0.25, -0.2) is 4.98 Å². The smallest absolute Gasteiger partial charge is 0.202 e. The molecule has 1 unspecified atom stereocenters. The average Bonchev–Trinajstić information content (AvgIpc) is 2.52. The highest BCUT2D eigenvalue weighted by Gasteiger charge is 2.08. The van der Waals surface area contributed by atoms with E-state index in [0.717, 1.165) is 17.4 Å². The van der Waals surface area contributed by atoms with Crippen LogP contribution in [0.5, 0.6) is 0 Å². The fourth-order valence-corrected chi connectivity index (χ4v) is 1.66. The minimum Gasteiger partial charge on any atom is -0.358 e. The minimum atomic E-state index is 0.420. The molecule has 1 N–H and O–H groups in total. The summed E-state index contributed by atoms with van der Waals surface area (Å²) in [6.45, 7) is 8.52. The molecule has 0 fully saturated rings. The second-order valence-corrected chi connectivity index (χ2v) is 4.32. The molecule has 1 aromatic rings. The predicted molar refractivity (Wildman–Crippen MR) is 57.4 cm³/mol. The zero-order valence-electron chi connectivity index (χ0n) is 8.66. The summed E-state index contributed by atoms with van der Waals surface area (Å²) in [5, 5.41) is 4.25. The van der Waals surface area contributed by atoms with Gasteiger partial charge in [-0.3, -0.25) is 0 Å². The second kappa shape index (κ2) is 4.56. The highest BCUT2D eigenvalue weighted by atomic mass is 32.1. The summed E-state index contributed by atoms with van der Waals surface area (Å²) in [4.78, 5) is 4.39. The van der Waals surface area contributed by atoms with E-state index >= 15 is 0 Å². The first kappa shape index (κ1) is 10.4. The molecule has 1 heterocycles. The summed E-state index contributed by atoms with van der Waals surface area (Å²) in [5.74, 6) is 1.36. The SMILES string of the molecule is CCC(C)Nc1nc(C(C)C)ns1. The van der Waals surface area contributed by atoms with Gasteiger partial charge < -0.3 is 5.32 Å². The predicted octanol–water partition coefficient (Wildman–Crippen LogP) is 2.87. The van der Waals surface area contributed by atoms with Crippen molar-refractivity contribution in [2.24, 2.45) is 0 Å². The van der Waals surface area contributed by atoms with Crippen molar-refractivity contribution in [3.63, 3.8) is 0 Å². The van der Waals surface area contributed by atoms with Gasteiger partial charge in [-0.2, -0.15) is 4.37 Å². The molecule has 0 spiro atoms. The summed E-state index contributed by atoms with van der Waals surface area (Å²) in [5.41, 5.74) is 0. The van der Waals surface area contributed by atoms with E-state index in [9.17, 15) is 0 Å². The summed E-state index contributed by atoms with van der Waals surface area (Å²) < 4.78 is 4.27. The van der Waals surface area contributed by atoms with Crippen LogP contribution in [0.25, 0.3) is 0 Å². The van der Waals surface area contributed by atoms with E-state index in [2.05, 4.69) is 42.4 Å². The molecule has 4 heteroatoms. The monoisotopic (exact) mass is 199 g/mol. The molecule has 0 aliphatic carbocycles. The number of rotatable bonds is 4. The fraction of sp³-hybridized carbons (Fsp3) is 0.778. The van der Waals surface area contributed by atoms with Gasteiger partial charge in [0.25, 0.3) is 0 Å². The van der Waals surface area contributed by atoms with Crippen molar-refractivity contribution in [2.75, 3.05) is 5.32 Å². The van der Waals surface area contributed by atoms with Crippen LogP contribution in [-0.2, 0) is 0 Å². The highest BCUT2D eigenvalue weighted by molar-refractivity contribution is 7.09. The Hall–Kier alpha value is -0.640. The molecule has 1 rings (SSSR count). The van der Waals surface area contributed by atoms with E-state index in [1.54, 1.807) is 0 Å². The summed E-state index contributed by atoms with van der Waals surface area (Å²) >= 11 is 1.45. The van der Waals surface area contributed by atoms with Crippen molar-refractivity contribution in [2.45, 2.75) is 46.1 Å². The van der Waals surface area contributed by atoms with Gasteiger partial charge in [0.15, 0.2) is 0 Å². The van der Waals surface area contributed by atoms with Gasteiger partial charge in [-0.05, 0) is 13.3 Å². The average molecular weight is 199 g/mol. The highest BCUT2D eigenvalue weighted by Crippen LogP contribution is 2.18. The van der Waals surface area contributed by atoms with Crippen LogP contribution in [-0.4, -0.2) is 15.4 Å². The summed E-state index contributed by atoms with van der Waals surface area (Å²) in [6, 6.07) is 0.480. The summed E-state index contributed by atoms with van der Waals surface area (Å²) in [7, 11) is 0. The van der Waals surface area contributed by atoms with Crippen LogP contribution in [0.4, 0.5) is 5.13 Å². The lowest BCUT2D eigenvalue weighted by atomic mass is 10.2. The van der Waals surface area contributed by atoms with Crippen molar-refractivity contribution < 1.29 is 0 Å². The molecule has 0 amide bonds. The molecule has 0 saturated carbocycles. The first-order valence-electron chi connectivity index (χ1n) is 4.73. The molecule has 3 nitrogen and oxygen atoms in total. The number of aromatic nitrogens is 2. The van der Waals surface area contributed by atoms with Crippen LogP contribution >= 0.6 is 11.5 Å². The van der Waals surface area contributed by atoms with Crippen molar-refractivity contribution in [1.82, 2.24) is 9.36 Å². The Balaban J connectivity index is 2.58. The van der Waals surface area contributed by atoms with Crippen molar-refractivity contribution in [3.05, 3.63) is 5.82 Å². The van der Waals surface area contributed by atoms with E-state index < -0.39 is 0 Å². The zero-order valence-corrected chi connectivity index (χ0v) is 9.48. The van der Waals surface area contributed by atoms with Gasteiger partial charge in [0.05, 0.1) is 0 Å². The third-order valence-corrected chi connectivity index (χ3v) is 2.60. The van der Waals surface area contributed by atoms with Gasteiger partial charge in [0.2, 0.25) is 5.13 Å². The molecule has 1 aromatic heterocycles. The van der Waals surface area contributed by atoms with Crippen molar-refractivity contribution in [1.29, 1.82) is 0 Å². The van der Waals surface area contributed by atoms with Crippen molar-refractivity contribution in [3.8, 4) is 0 Å². The summed E-state index contributed by atoms with van der Waals surface area (Å²) in [6.07, 6.45) is 1.11. The molecule has 0 aromatic carbocycles. The first-order valence-corrected chi connectivity index (χ1v) is 5.51. The molecule has 74 valence electrons. The maximum atomic E-state index is 4.39. The van der Waals surface area contributed by atoms with Crippen LogP contribution in [0.3, 0.4) is 0 Å². The van der Waals surface area contributed by atoms with Crippen LogP contribution in [0, 0.1) is 0 Å². The minimum absolute atomic E-state index is 0.420. The molecular formula is C9H17N3S. The molecular weight excluding hydrogens is 182 g/mol. The van der Waals surface area contributed by atoms with E-state index in [-0.39, 0.29) is 0 Å². The quantitative estimate of drug-likeness (QED) is 0.810. The number of hydrogen-bond acceptors (Lipinski definition) is 4. The van der Waals surface area contributed by atoms with Gasteiger partial charge in [0.1, 0.15) is 5.82 Å². The van der Waals surface area contributed by atoms with Gasteiger partial charge in [-0.15, -0.1) is 0 Å². The molecule has 0 aliphatic rings. The lowest BCUT2D eigenvalue weighted by molar-refractivity contribution is 0.756. The standard InChI is InChI=1S/C9H17N3S/c1-5-7(4)10-9-11-8(6(2)3)12-13-9/h6-7H,5H2,1-4H3,(H,10,11,12). The van der Waals surface area contributed by atoms with Crippen LogP contribution in [0.2, 0.25) is 0 Å². The number of hydrogen-bond donors (Lipinski definition) is 1. The largest absolute Gasteiger partial charge is 0.358 e. The van der Waals surface area contributed by atoms with Gasteiger partial charge in [-0.1, -0.05) is 20.8 Å². The van der Waals surface area contributed by atoms with E-state index in [1.165, 1.54) is 11.5 Å². The number of nitrogens with one attached hydrogen (secondary N) is 1. The van der Waals surface area contributed by atoms with E-state index in [4.69, 9.17) is 0 Å². The molecule has 0 saturated heterocycles.